The van der Waals surface area contributed by atoms with Gasteiger partial charge in [-0.2, -0.15) is 4.98 Å². The maximum Gasteiger partial charge on any atom is 0.229 e. The van der Waals surface area contributed by atoms with Crippen molar-refractivity contribution in [3.05, 3.63) is 40.6 Å². The van der Waals surface area contributed by atoms with Gasteiger partial charge in [-0.3, -0.25) is 4.90 Å². The number of aryl methyl sites for hydroxylation is 4. The van der Waals surface area contributed by atoms with Crippen molar-refractivity contribution in [3.63, 3.8) is 0 Å². The summed E-state index contributed by atoms with van der Waals surface area (Å²) < 4.78 is 5.39. The van der Waals surface area contributed by atoms with Gasteiger partial charge in [0.2, 0.25) is 5.95 Å². The van der Waals surface area contributed by atoms with Gasteiger partial charge in [0, 0.05) is 43.6 Å². The molecule has 1 aliphatic rings. The zero-order valence-electron chi connectivity index (χ0n) is 16.2. The lowest BCUT2D eigenvalue weighted by Crippen LogP contribution is -2.39. The summed E-state index contributed by atoms with van der Waals surface area (Å²) in [5, 5.41) is 6.82. The monoisotopic (exact) mass is 355 g/mol. The van der Waals surface area contributed by atoms with E-state index in [1.54, 1.807) is 0 Å². The normalized spacial score (nSPS) is 15.1. The quantitative estimate of drug-likeness (QED) is 0.830. The number of hydrogen-bond donors (Lipinski definition) is 2. The lowest BCUT2D eigenvalue weighted by Gasteiger charge is -2.26. The molecule has 1 aromatic heterocycles. The zero-order chi connectivity index (χ0) is 18.5. The molecule has 26 heavy (non-hydrogen) atoms. The first kappa shape index (κ1) is 18.6. The molecule has 0 amide bonds. The van der Waals surface area contributed by atoms with E-state index in [0.29, 0.717) is 5.95 Å². The summed E-state index contributed by atoms with van der Waals surface area (Å²) in [5.74, 6) is 1.49. The molecule has 2 heterocycles. The molecule has 1 aromatic carbocycles. The summed E-state index contributed by atoms with van der Waals surface area (Å²) in [6.45, 7) is 13.8. The maximum atomic E-state index is 5.39. The molecule has 2 aromatic rings. The van der Waals surface area contributed by atoms with Crippen molar-refractivity contribution in [1.82, 2.24) is 14.9 Å². The summed E-state index contributed by atoms with van der Waals surface area (Å²) in [5.41, 5.74) is 5.70. The highest BCUT2D eigenvalue weighted by molar-refractivity contribution is 5.64. The minimum absolute atomic E-state index is 0.633. The highest BCUT2D eigenvalue weighted by atomic mass is 16.5. The Morgan fingerprint density at radius 3 is 2.38 bits per heavy atom. The first-order valence-electron chi connectivity index (χ1n) is 9.26. The van der Waals surface area contributed by atoms with Gasteiger partial charge in [-0.05, 0) is 38.8 Å². The average Bonchev–Trinajstić information content (AvgIpc) is 2.59. The van der Waals surface area contributed by atoms with Gasteiger partial charge in [0.1, 0.15) is 5.82 Å². The Balaban J connectivity index is 1.65. The van der Waals surface area contributed by atoms with E-state index in [4.69, 9.17) is 4.74 Å². The second kappa shape index (κ2) is 8.47. The molecule has 1 fully saturated rings. The van der Waals surface area contributed by atoms with Gasteiger partial charge < -0.3 is 15.4 Å². The predicted molar refractivity (Wildman–Crippen MR) is 106 cm³/mol. The summed E-state index contributed by atoms with van der Waals surface area (Å²) >= 11 is 0. The number of nitrogens with one attached hydrogen (secondary N) is 2. The van der Waals surface area contributed by atoms with Crippen molar-refractivity contribution in [3.8, 4) is 0 Å². The van der Waals surface area contributed by atoms with Crippen LogP contribution in [0, 0.1) is 27.7 Å². The van der Waals surface area contributed by atoms with Gasteiger partial charge in [0.15, 0.2) is 0 Å². The van der Waals surface area contributed by atoms with Crippen LogP contribution in [0.3, 0.4) is 0 Å². The van der Waals surface area contributed by atoms with Crippen molar-refractivity contribution in [2.75, 3.05) is 50.0 Å². The van der Waals surface area contributed by atoms with Crippen molar-refractivity contribution in [2.45, 2.75) is 27.7 Å². The van der Waals surface area contributed by atoms with Crippen molar-refractivity contribution in [2.24, 2.45) is 0 Å². The molecule has 6 nitrogen and oxygen atoms in total. The molecule has 6 heteroatoms. The van der Waals surface area contributed by atoms with Crippen LogP contribution < -0.4 is 10.6 Å². The van der Waals surface area contributed by atoms with Crippen LogP contribution in [0.15, 0.2) is 18.2 Å². The van der Waals surface area contributed by atoms with E-state index >= 15 is 0 Å². The van der Waals surface area contributed by atoms with E-state index in [1.807, 2.05) is 13.0 Å². The fourth-order valence-corrected chi connectivity index (χ4v) is 3.37. The number of anilines is 3. The molecule has 0 atom stereocenters. The summed E-state index contributed by atoms with van der Waals surface area (Å²) in [6.07, 6.45) is 0. The van der Waals surface area contributed by atoms with E-state index in [2.05, 4.69) is 58.4 Å². The lowest BCUT2D eigenvalue weighted by atomic mass is 10.1. The van der Waals surface area contributed by atoms with Crippen LogP contribution in [0.5, 0.6) is 0 Å². The SMILES string of the molecule is Cc1cc(C)c(Nc2nc(C)cc(NCCN3CCOCC3)n2)c(C)c1. The minimum atomic E-state index is 0.633. The smallest absolute Gasteiger partial charge is 0.229 e. The Labute approximate surface area is 156 Å². The third-order valence-electron chi connectivity index (χ3n) is 4.61. The first-order valence-corrected chi connectivity index (χ1v) is 9.26. The van der Waals surface area contributed by atoms with E-state index in [1.165, 1.54) is 16.7 Å². The number of rotatable bonds is 6. The van der Waals surface area contributed by atoms with E-state index in [0.717, 1.165) is 56.6 Å². The fourth-order valence-electron chi connectivity index (χ4n) is 3.37. The molecule has 0 bridgehead atoms. The molecule has 1 aliphatic heterocycles. The van der Waals surface area contributed by atoms with Crippen molar-refractivity contribution >= 4 is 17.5 Å². The highest BCUT2D eigenvalue weighted by Gasteiger charge is 2.10. The molecule has 0 saturated carbocycles. The van der Waals surface area contributed by atoms with Gasteiger partial charge >= 0.3 is 0 Å². The van der Waals surface area contributed by atoms with Gasteiger partial charge in [0.25, 0.3) is 0 Å². The van der Waals surface area contributed by atoms with Gasteiger partial charge in [-0.1, -0.05) is 17.7 Å². The lowest BCUT2D eigenvalue weighted by molar-refractivity contribution is 0.0398. The van der Waals surface area contributed by atoms with Crippen molar-refractivity contribution < 1.29 is 4.74 Å². The molecule has 0 unspecified atom stereocenters. The fraction of sp³-hybridized carbons (Fsp3) is 0.500. The molecule has 0 aliphatic carbocycles. The average molecular weight is 355 g/mol. The molecule has 0 radical (unpaired) electrons. The predicted octanol–water partition coefficient (Wildman–Crippen LogP) is 3.20. The van der Waals surface area contributed by atoms with Gasteiger partial charge in [-0.15, -0.1) is 0 Å². The number of hydrogen-bond acceptors (Lipinski definition) is 6. The largest absolute Gasteiger partial charge is 0.379 e. The van der Waals surface area contributed by atoms with Crippen LogP contribution in [-0.2, 0) is 4.74 Å². The first-order chi connectivity index (χ1) is 12.5. The van der Waals surface area contributed by atoms with Crippen molar-refractivity contribution in [1.29, 1.82) is 0 Å². The van der Waals surface area contributed by atoms with Gasteiger partial charge in [0.05, 0.1) is 13.2 Å². The standard InChI is InChI=1S/C20H29N5O/c1-14-11-15(2)19(16(3)12-14)24-20-22-17(4)13-18(23-20)21-5-6-25-7-9-26-10-8-25/h11-13H,5-10H2,1-4H3,(H2,21,22,23,24). The Hall–Kier alpha value is -2.18. The van der Waals surface area contributed by atoms with Crippen LogP contribution in [0.4, 0.5) is 17.5 Å². The number of aromatic nitrogens is 2. The van der Waals surface area contributed by atoms with E-state index in [-0.39, 0.29) is 0 Å². The zero-order valence-corrected chi connectivity index (χ0v) is 16.2. The Morgan fingerprint density at radius 2 is 1.69 bits per heavy atom. The number of benzene rings is 1. The number of ether oxygens (including phenoxy) is 1. The van der Waals surface area contributed by atoms with Crippen LogP contribution in [0.2, 0.25) is 0 Å². The van der Waals surface area contributed by atoms with Gasteiger partial charge in [-0.25, -0.2) is 4.98 Å². The molecule has 1 saturated heterocycles. The van der Waals surface area contributed by atoms with E-state index in [9.17, 15) is 0 Å². The van der Waals surface area contributed by atoms with Crippen LogP contribution in [0.1, 0.15) is 22.4 Å². The second-order valence-corrected chi connectivity index (χ2v) is 7.00. The van der Waals surface area contributed by atoms with Crippen LogP contribution in [0.25, 0.3) is 0 Å². The molecule has 2 N–H and O–H groups in total. The molecule has 140 valence electrons. The molecular weight excluding hydrogens is 326 g/mol. The minimum Gasteiger partial charge on any atom is -0.379 e. The van der Waals surface area contributed by atoms with E-state index < -0.39 is 0 Å². The maximum absolute atomic E-state index is 5.39. The molecular formula is C20H29N5O. The highest BCUT2D eigenvalue weighted by Crippen LogP contribution is 2.25. The topological polar surface area (TPSA) is 62.3 Å². The Bertz CT molecular complexity index is 733. The molecule has 3 rings (SSSR count). The Kier molecular flexibility index (Phi) is 6.06. The summed E-state index contributed by atoms with van der Waals surface area (Å²) in [7, 11) is 0. The third-order valence-corrected chi connectivity index (χ3v) is 4.61. The van der Waals surface area contributed by atoms with Crippen LogP contribution in [-0.4, -0.2) is 54.3 Å². The number of morpholine rings is 1. The second-order valence-electron chi connectivity index (χ2n) is 7.00. The third kappa shape index (κ3) is 4.93. The summed E-state index contributed by atoms with van der Waals surface area (Å²) in [6, 6.07) is 6.33. The Morgan fingerprint density at radius 1 is 1.00 bits per heavy atom. The summed E-state index contributed by atoms with van der Waals surface area (Å²) in [4.78, 5) is 11.6. The molecule has 0 spiro atoms. The number of nitrogens with zero attached hydrogens (tertiary/aromatic N) is 3. The van der Waals surface area contributed by atoms with Crippen LogP contribution >= 0.6 is 0 Å².